The largest absolute Gasteiger partial charge is 0.384 e. The van der Waals surface area contributed by atoms with Crippen molar-refractivity contribution in [2.45, 2.75) is 19.0 Å². The molecule has 1 amide bonds. The van der Waals surface area contributed by atoms with Crippen molar-refractivity contribution in [2.24, 2.45) is 0 Å². The summed E-state index contributed by atoms with van der Waals surface area (Å²) in [6.45, 7) is 1.08. The number of hydrogen-bond donors (Lipinski definition) is 1. The molecule has 1 atom stereocenters. The van der Waals surface area contributed by atoms with Gasteiger partial charge < -0.3 is 14.6 Å². The summed E-state index contributed by atoms with van der Waals surface area (Å²) in [5.41, 5.74) is 1.08. The highest BCUT2D eigenvalue weighted by molar-refractivity contribution is 5.76. The Labute approximate surface area is 118 Å². The second kappa shape index (κ2) is 7.45. The van der Waals surface area contributed by atoms with Crippen molar-refractivity contribution in [3.63, 3.8) is 0 Å². The summed E-state index contributed by atoms with van der Waals surface area (Å²) < 4.78 is 6.88. The molecule has 1 aromatic heterocycles. The van der Waals surface area contributed by atoms with Crippen molar-refractivity contribution < 1.29 is 9.53 Å². The van der Waals surface area contributed by atoms with Gasteiger partial charge in [0.15, 0.2) is 0 Å². The second-order valence-electron chi connectivity index (χ2n) is 4.53. The van der Waals surface area contributed by atoms with E-state index in [1.54, 1.807) is 19.6 Å². The predicted octanol–water partition coefficient (Wildman–Crippen LogP) is 1.78. The Morgan fingerprint density at radius 1 is 1.40 bits per heavy atom. The minimum atomic E-state index is -0.0743. The van der Waals surface area contributed by atoms with Gasteiger partial charge in [0.25, 0.3) is 0 Å². The maximum atomic E-state index is 11.9. The quantitative estimate of drug-likeness (QED) is 0.836. The van der Waals surface area contributed by atoms with E-state index >= 15 is 0 Å². The number of ether oxygens (including phenoxy) is 1. The highest BCUT2D eigenvalue weighted by atomic mass is 16.5. The van der Waals surface area contributed by atoms with Crippen LogP contribution in [-0.2, 0) is 16.1 Å². The standard InChI is InChI=1S/C15H19N3O2/c1-20-10-7-15(19)17-14(11-18-9-8-16-12-18)13-5-3-2-4-6-13/h2-6,8-9,12,14H,7,10-11H2,1H3,(H,17,19)/t14-/m1/s1. The number of methoxy groups -OCH3 is 1. The number of aromatic nitrogens is 2. The molecule has 0 radical (unpaired) electrons. The first-order valence-corrected chi connectivity index (χ1v) is 6.58. The van der Waals surface area contributed by atoms with Crippen LogP contribution in [0.4, 0.5) is 0 Å². The zero-order valence-electron chi connectivity index (χ0n) is 11.5. The molecule has 0 saturated carbocycles. The molecule has 106 valence electrons. The zero-order chi connectivity index (χ0) is 14.2. The van der Waals surface area contributed by atoms with Gasteiger partial charge in [-0.15, -0.1) is 0 Å². The number of carbonyl (C=O) groups excluding carboxylic acids is 1. The average molecular weight is 273 g/mol. The molecule has 0 unspecified atom stereocenters. The SMILES string of the molecule is COCCC(=O)N[C@H](Cn1ccnc1)c1ccccc1. The molecule has 0 spiro atoms. The van der Waals surface area contributed by atoms with E-state index in [4.69, 9.17) is 4.74 Å². The van der Waals surface area contributed by atoms with E-state index in [1.165, 1.54) is 0 Å². The van der Waals surface area contributed by atoms with Gasteiger partial charge in [0, 0.05) is 32.5 Å². The highest BCUT2D eigenvalue weighted by Gasteiger charge is 2.14. The lowest BCUT2D eigenvalue weighted by Gasteiger charge is -2.19. The molecule has 5 heteroatoms. The fourth-order valence-electron chi connectivity index (χ4n) is 1.99. The van der Waals surface area contributed by atoms with Crippen molar-refractivity contribution in [1.82, 2.24) is 14.9 Å². The summed E-state index contributed by atoms with van der Waals surface area (Å²) in [4.78, 5) is 15.9. The molecule has 1 heterocycles. The Kier molecular flexibility index (Phi) is 5.32. The van der Waals surface area contributed by atoms with Crippen molar-refractivity contribution >= 4 is 5.91 Å². The minimum Gasteiger partial charge on any atom is -0.384 e. The molecular weight excluding hydrogens is 254 g/mol. The molecule has 0 bridgehead atoms. The van der Waals surface area contributed by atoms with Crippen LogP contribution in [0.25, 0.3) is 0 Å². The van der Waals surface area contributed by atoms with Crippen LogP contribution in [0.2, 0.25) is 0 Å². The smallest absolute Gasteiger partial charge is 0.222 e. The molecular formula is C15H19N3O2. The normalized spacial score (nSPS) is 12.1. The van der Waals surface area contributed by atoms with Crippen molar-refractivity contribution in [3.8, 4) is 0 Å². The molecule has 5 nitrogen and oxygen atoms in total. The number of hydrogen-bond acceptors (Lipinski definition) is 3. The van der Waals surface area contributed by atoms with Gasteiger partial charge in [0.2, 0.25) is 5.91 Å². The lowest BCUT2D eigenvalue weighted by atomic mass is 10.1. The van der Waals surface area contributed by atoms with E-state index in [1.807, 2.05) is 41.1 Å². The lowest BCUT2D eigenvalue weighted by molar-refractivity contribution is -0.122. The van der Waals surface area contributed by atoms with Gasteiger partial charge in [-0.1, -0.05) is 30.3 Å². The van der Waals surface area contributed by atoms with E-state index in [9.17, 15) is 4.79 Å². The van der Waals surface area contributed by atoms with E-state index in [0.29, 0.717) is 19.6 Å². The van der Waals surface area contributed by atoms with Crippen molar-refractivity contribution in [1.29, 1.82) is 0 Å². The van der Waals surface area contributed by atoms with Crippen LogP contribution in [0.5, 0.6) is 0 Å². The van der Waals surface area contributed by atoms with E-state index in [0.717, 1.165) is 5.56 Å². The number of amides is 1. The average Bonchev–Trinajstić information content (AvgIpc) is 2.98. The number of carbonyl (C=O) groups is 1. The van der Waals surface area contributed by atoms with Crippen LogP contribution in [0, 0.1) is 0 Å². The molecule has 1 N–H and O–H groups in total. The van der Waals surface area contributed by atoms with Gasteiger partial charge in [0.05, 0.1) is 19.0 Å². The Morgan fingerprint density at radius 2 is 2.20 bits per heavy atom. The van der Waals surface area contributed by atoms with Gasteiger partial charge in [-0.25, -0.2) is 4.98 Å². The van der Waals surface area contributed by atoms with Crippen LogP contribution in [0.3, 0.4) is 0 Å². The van der Waals surface area contributed by atoms with Gasteiger partial charge in [-0.3, -0.25) is 4.79 Å². The topological polar surface area (TPSA) is 56.1 Å². The summed E-state index contributed by atoms with van der Waals surface area (Å²) in [6, 6.07) is 9.85. The molecule has 0 saturated heterocycles. The Bertz CT molecular complexity index is 511. The fraction of sp³-hybridized carbons (Fsp3) is 0.333. The summed E-state index contributed by atoms with van der Waals surface area (Å²) >= 11 is 0. The summed E-state index contributed by atoms with van der Waals surface area (Å²) in [6.07, 6.45) is 5.73. The third-order valence-electron chi connectivity index (χ3n) is 3.02. The molecule has 0 aliphatic rings. The molecule has 1 aromatic carbocycles. The highest BCUT2D eigenvalue weighted by Crippen LogP contribution is 2.15. The number of imidazole rings is 1. The van der Waals surface area contributed by atoms with Crippen LogP contribution < -0.4 is 5.32 Å². The molecule has 2 aromatic rings. The van der Waals surface area contributed by atoms with Crippen LogP contribution in [0.15, 0.2) is 49.1 Å². The summed E-state index contributed by atoms with van der Waals surface area (Å²) in [7, 11) is 1.59. The van der Waals surface area contributed by atoms with Crippen LogP contribution in [0.1, 0.15) is 18.0 Å². The van der Waals surface area contributed by atoms with Gasteiger partial charge in [0.1, 0.15) is 0 Å². The first-order chi connectivity index (χ1) is 9.79. The van der Waals surface area contributed by atoms with Crippen LogP contribution >= 0.6 is 0 Å². The molecule has 0 fully saturated rings. The fourth-order valence-corrected chi connectivity index (χ4v) is 1.99. The number of nitrogens with one attached hydrogen (secondary N) is 1. The molecule has 2 rings (SSSR count). The maximum absolute atomic E-state index is 11.9. The van der Waals surface area contributed by atoms with Gasteiger partial charge >= 0.3 is 0 Å². The number of benzene rings is 1. The van der Waals surface area contributed by atoms with Crippen molar-refractivity contribution in [2.75, 3.05) is 13.7 Å². The third kappa shape index (κ3) is 4.20. The lowest BCUT2D eigenvalue weighted by Crippen LogP contribution is -2.31. The zero-order valence-corrected chi connectivity index (χ0v) is 11.5. The van der Waals surface area contributed by atoms with Crippen LogP contribution in [-0.4, -0.2) is 29.2 Å². The van der Waals surface area contributed by atoms with E-state index in [-0.39, 0.29) is 11.9 Å². The Balaban J connectivity index is 2.06. The molecule has 20 heavy (non-hydrogen) atoms. The maximum Gasteiger partial charge on any atom is 0.222 e. The molecule has 0 aliphatic heterocycles. The Morgan fingerprint density at radius 3 is 2.85 bits per heavy atom. The van der Waals surface area contributed by atoms with Crippen molar-refractivity contribution in [3.05, 3.63) is 54.6 Å². The third-order valence-corrected chi connectivity index (χ3v) is 3.02. The van der Waals surface area contributed by atoms with Gasteiger partial charge in [-0.2, -0.15) is 0 Å². The summed E-state index contributed by atoms with van der Waals surface area (Å²) in [5, 5.41) is 3.04. The predicted molar refractivity (Wildman–Crippen MR) is 76.0 cm³/mol. The van der Waals surface area contributed by atoms with E-state index in [2.05, 4.69) is 10.3 Å². The number of nitrogens with zero attached hydrogens (tertiary/aromatic N) is 2. The van der Waals surface area contributed by atoms with E-state index < -0.39 is 0 Å². The second-order valence-corrected chi connectivity index (χ2v) is 4.53. The number of rotatable bonds is 7. The minimum absolute atomic E-state index is 0.0131. The van der Waals surface area contributed by atoms with Gasteiger partial charge in [-0.05, 0) is 5.56 Å². The summed E-state index contributed by atoms with van der Waals surface area (Å²) in [5.74, 6) is -0.0131. The monoisotopic (exact) mass is 273 g/mol. The first kappa shape index (κ1) is 14.3. The molecule has 0 aliphatic carbocycles. The first-order valence-electron chi connectivity index (χ1n) is 6.58. The Hall–Kier alpha value is -2.14.